The quantitative estimate of drug-likeness (QED) is 0.667. The number of amides is 2. The van der Waals surface area contributed by atoms with Crippen LogP contribution in [0.15, 0.2) is 0 Å². The molecule has 0 aromatic rings. The monoisotopic (exact) mass is 218 g/mol. The maximum atomic E-state index is 10.8. The minimum absolute atomic E-state index is 0.237. The van der Waals surface area contributed by atoms with Gasteiger partial charge >= 0.3 is 0 Å². The van der Waals surface area contributed by atoms with Gasteiger partial charge in [-0.2, -0.15) is 4.94 Å². The fourth-order valence-corrected chi connectivity index (χ4v) is 0.696. The zero-order chi connectivity index (χ0) is 12.1. The van der Waals surface area contributed by atoms with Crippen LogP contribution >= 0.6 is 0 Å². The maximum absolute atomic E-state index is 10.8. The van der Waals surface area contributed by atoms with Crippen LogP contribution in [0.1, 0.15) is 53.4 Å². The van der Waals surface area contributed by atoms with Gasteiger partial charge in [-0.05, 0) is 12.8 Å². The molecule has 0 atom stereocenters. The van der Waals surface area contributed by atoms with Gasteiger partial charge in [0.1, 0.15) is 0 Å². The van der Waals surface area contributed by atoms with E-state index in [9.17, 15) is 9.59 Å². The van der Waals surface area contributed by atoms with E-state index in [0.717, 1.165) is 12.8 Å². The maximum Gasteiger partial charge on any atom is 0.245 e. The normalized spacial score (nSPS) is 8.53. The average Bonchev–Trinajstić information content (AvgIpc) is 2.21. The fraction of sp³-hybridized carbons (Fsp3) is 0.800. The highest BCUT2D eigenvalue weighted by atomic mass is 16.8. The van der Waals surface area contributed by atoms with Crippen LogP contribution in [0, 0.1) is 0 Å². The first-order valence-electron chi connectivity index (χ1n) is 5.44. The molecule has 5 heteroatoms. The molecule has 0 heterocycles. The molecule has 0 saturated carbocycles. The number of carbonyl (C=O) groups is 2. The third-order valence-corrected chi connectivity index (χ3v) is 1.28. The molecular weight excluding hydrogens is 196 g/mol. The number of hydroxylamine groups is 2. The molecule has 5 nitrogen and oxygen atoms in total. The Morgan fingerprint density at radius 1 is 0.933 bits per heavy atom. The second kappa shape index (κ2) is 12.9. The zero-order valence-electron chi connectivity index (χ0n) is 10.1. The molecule has 0 aliphatic heterocycles. The lowest BCUT2D eigenvalue weighted by atomic mass is 10.3. The third-order valence-electron chi connectivity index (χ3n) is 1.28. The average molecular weight is 218 g/mol. The van der Waals surface area contributed by atoms with E-state index >= 15 is 0 Å². The molecule has 0 aliphatic carbocycles. The predicted molar refractivity (Wildman–Crippen MR) is 58.5 cm³/mol. The molecule has 0 rings (SSSR count). The summed E-state index contributed by atoms with van der Waals surface area (Å²) in [5.74, 6) is -0.474. The van der Waals surface area contributed by atoms with Crippen LogP contribution < -0.4 is 11.0 Å². The summed E-state index contributed by atoms with van der Waals surface area (Å²) in [6, 6.07) is 0. The standard InChI is InChI=1S/C8H16N2O3.C2H6/c1-3-5-7(11)9-13-10-8(12)6-4-2;1-2/h3-6H2,1-2H3,(H,9,11)(H,10,12);1-2H3. The van der Waals surface area contributed by atoms with Gasteiger partial charge in [0.25, 0.3) is 0 Å². The molecule has 2 amide bonds. The Kier molecular flexibility index (Phi) is 14.0. The van der Waals surface area contributed by atoms with Gasteiger partial charge in [0.2, 0.25) is 11.8 Å². The molecule has 0 spiro atoms. The first kappa shape index (κ1) is 16.3. The van der Waals surface area contributed by atoms with Crippen molar-refractivity contribution in [1.82, 2.24) is 11.0 Å². The summed E-state index contributed by atoms with van der Waals surface area (Å²) in [7, 11) is 0. The molecule has 90 valence electrons. The Morgan fingerprint density at radius 2 is 1.27 bits per heavy atom. The highest BCUT2D eigenvalue weighted by Crippen LogP contribution is 1.86. The van der Waals surface area contributed by atoms with Gasteiger partial charge in [-0.15, -0.1) is 0 Å². The van der Waals surface area contributed by atoms with E-state index in [4.69, 9.17) is 0 Å². The smallest absolute Gasteiger partial charge is 0.245 e. The van der Waals surface area contributed by atoms with Crippen LogP contribution in [0.3, 0.4) is 0 Å². The second-order valence-electron chi connectivity index (χ2n) is 2.65. The van der Waals surface area contributed by atoms with E-state index < -0.39 is 0 Å². The van der Waals surface area contributed by atoms with Crippen LogP contribution in [-0.2, 0) is 14.5 Å². The Morgan fingerprint density at radius 3 is 1.53 bits per heavy atom. The lowest BCUT2D eigenvalue weighted by molar-refractivity contribution is -0.151. The van der Waals surface area contributed by atoms with E-state index in [1.165, 1.54) is 0 Å². The summed E-state index contributed by atoms with van der Waals surface area (Å²) in [6.07, 6.45) is 2.28. The minimum Gasteiger partial charge on any atom is -0.273 e. The number of nitrogens with one attached hydrogen (secondary N) is 2. The Labute approximate surface area is 91.5 Å². The summed E-state index contributed by atoms with van der Waals surface area (Å²) >= 11 is 0. The van der Waals surface area contributed by atoms with Crippen molar-refractivity contribution in [3.05, 3.63) is 0 Å². The Hall–Kier alpha value is -1.10. The van der Waals surface area contributed by atoms with Crippen molar-refractivity contribution in [3.8, 4) is 0 Å². The molecule has 15 heavy (non-hydrogen) atoms. The molecule has 2 N–H and O–H groups in total. The summed E-state index contributed by atoms with van der Waals surface area (Å²) in [4.78, 5) is 26.1. The summed E-state index contributed by atoms with van der Waals surface area (Å²) in [6.45, 7) is 7.77. The van der Waals surface area contributed by atoms with E-state index in [0.29, 0.717) is 12.8 Å². The number of hydrogen-bond donors (Lipinski definition) is 2. The van der Waals surface area contributed by atoms with Crippen molar-refractivity contribution in [2.45, 2.75) is 53.4 Å². The molecular formula is C10H22N2O3. The summed E-state index contributed by atoms with van der Waals surface area (Å²) in [5, 5.41) is 0. The van der Waals surface area contributed by atoms with Crippen LogP contribution in [0.5, 0.6) is 0 Å². The first-order chi connectivity index (χ1) is 7.20. The van der Waals surface area contributed by atoms with Crippen molar-refractivity contribution in [3.63, 3.8) is 0 Å². The topological polar surface area (TPSA) is 67.4 Å². The van der Waals surface area contributed by atoms with Gasteiger partial charge < -0.3 is 0 Å². The summed E-state index contributed by atoms with van der Waals surface area (Å²) < 4.78 is 0. The lowest BCUT2D eigenvalue weighted by Crippen LogP contribution is -2.34. The van der Waals surface area contributed by atoms with Gasteiger partial charge in [-0.3, -0.25) is 9.59 Å². The largest absolute Gasteiger partial charge is 0.273 e. The van der Waals surface area contributed by atoms with Gasteiger partial charge in [-0.25, -0.2) is 11.0 Å². The fourth-order valence-electron chi connectivity index (χ4n) is 0.696. The van der Waals surface area contributed by atoms with Crippen LogP contribution in [0.25, 0.3) is 0 Å². The van der Waals surface area contributed by atoms with Crippen molar-refractivity contribution < 1.29 is 14.5 Å². The lowest BCUT2D eigenvalue weighted by Gasteiger charge is -2.04. The van der Waals surface area contributed by atoms with Gasteiger partial charge in [-0.1, -0.05) is 27.7 Å². The van der Waals surface area contributed by atoms with Gasteiger partial charge in [0.05, 0.1) is 0 Å². The minimum atomic E-state index is -0.237. The van der Waals surface area contributed by atoms with E-state index in [1.54, 1.807) is 0 Å². The Balaban J connectivity index is 0. The highest BCUT2D eigenvalue weighted by molar-refractivity contribution is 5.76. The highest BCUT2D eigenvalue weighted by Gasteiger charge is 2.01. The molecule has 0 radical (unpaired) electrons. The van der Waals surface area contributed by atoms with Gasteiger partial charge in [0, 0.05) is 12.8 Å². The predicted octanol–water partition coefficient (Wildman–Crippen LogP) is 1.69. The first-order valence-corrected chi connectivity index (χ1v) is 5.44. The van der Waals surface area contributed by atoms with Crippen molar-refractivity contribution >= 4 is 11.8 Å². The molecule has 0 aromatic carbocycles. The molecule has 0 bridgehead atoms. The van der Waals surface area contributed by atoms with Crippen molar-refractivity contribution in [1.29, 1.82) is 0 Å². The Bertz CT molecular complexity index is 154. The number of rotatable bonds is 6. The van der Waals surface area contributed by atoms with Crippen molar-refractivity contribution in [2.75, 3.05) is 0 Å². The van der Waals surface area contributed by atoms with Crippen molar-refractivity contribution in [2.24, 2.45) is 0 Å². The molecule has 0 aliphatic rings. The molecule has 0 aromatic heterocycles. The molecule has 0 fully saturated rings. The SMILES string of the molecule is CC.CCCC(=O)NONC(=O)CCC. The molecule has 0 unspecified atom stereocenters. The number of carbonyl (C=O) groups excluding carboxylic acids is 2. The van der Waals surface area contributed by atoms with E-state index in [1.807, 2.05) is 27.7 Å². The van der Waals surface area contributed by atoms with E-state index in [2.05, 4.69) is 15.9 Å². The van der Waals surface area contributed by atoms with Gasteiger partial charge in [0.15, 0.2) is 0 Å². The van der Waals surface area contributed by atoms with E-state index in [-0.39, 0.29) is 11.8 Å². The van der Waals surface area contributed by atoms with Crippen LogP contribution in [0.4, 0.5) is 0 Å². The van der Waals surface area contributed by atoms with Crippen LogP contribution in [0.2, 0.25) is 0 Å². The second-order valence-corrected chi connectivity index (χ2v) is 2.65. The number of hydrogen-bond acceptors (Lipinski definition) is 3. The third kappa shape index (κ3) is 12.9. The van der Waals surface area contributed by atoms with Crippen LogP contribution in [-0.4, -0.2) is 11.8 Å². The summed E-state index contributed by atoms with van der Waals surface area (Å²) in [5.41, 5.74) is 4.20. The zero-order valence-corrected chi connectivity index (χ0v) is 10.1. The molecule has 0 saturated heterocycles.